The van der Waals surface area contributed by atoms with Crippen LogP contribution in [0.5, 0.6) is 0 Å². The van der Waals surface area contributed by atoms with Crippen LogP contribution in [0.15, 0.2) is 28.7 Å². The van der Waals surface area contributed by atoms with Crippen molar-refractivity contribution in [3.8, 4) is 0 Å². The van der Waals surface area contributed by atoms with Crippen LogP contribution in [0.3, 0.4) is 0 Å². The Morgan fingerprint density at radius 1 is 1.36 bits per heavy atom. The van der Waals surface area contributed by atoms with E-state index in [9.17, 15) is 0 Å². The first-order chi connectivity index (χ1) is 6.75. The molecule has 0 aliphatic carbocycles. The maximum absolute atomic E-state index is 4.96. The van der Waals surface area contributed by atoms with Crippen molar-refractivity contribution >= 4 is 28.1 Å². The Hall–Kier alpha value is -1.01. The number of aromatic amines is 1. The monoisotopic (exact) mass is 270 g/mol. The number of nitrogens with one attached hydrogen (secondary N) is 1. The molecular weight excluding hydrogens is 264 g/mol. The van der Waals surface area contributed by atoms with Gasteiger partial charge in [-0.3, -0.25) is 0 Å². The van der Waals surface area contributed by atoms with Gasteiger partial charge in [-0.15, -0.1) is 0 Å². The molecule has 0 amide bonds. The maximum atomic E-state index is 4.96. The standard InChI is InChI=1S/C8H7BrN4S/c9-7-3-1-6(2-4-7)5-13-8(14)10-11-12-13/h1-4H,5H2,(H,10,12,14). The van der Waals surface area contributed by atoms with E-state index >= 15 is 0 Å². The summed E-state index contributed by atoms with van der Waals surface area (Å²) in [7, 11) is 0. The molecule has 0 aliphatic heterocycles. The van der Waals surface area contributed by atoms with Gasteiger partial charge in [0.25, 0.3) is 0 Å². The van der Waals surface area contributed by atoms with Crippen LogP contribution >= 0.6 is 28.1 Å². The topological polar surface area (TPSA) is 46.5 Å². The van der Waals surface area contributed by atoms with E-state index in [0.717, 1.165) is 10.0 Å². The molecule has 0 saturated heterocycles. The first-order valence-electron chi connectivity index (χ1n) is 3.98. The molecule has 0 atom stereocenters. The smallest absolute Gasteiger partial charge is 0.238 e. The molecule has 6 heteroatoms. The Kier molecular flexibility index (Phi) is 2.74. The second-order valence-corrected chi connectivity index (χ2v) is 4.08. The summed E-state index contributed by atoms with van der Waals surface area (Å²) in [5.74, 6) is 0. The Balaban J connectivity index is 2.23. The average Bonchev–Trinajstić information content (AvgIpc) is 2.56. The van der Waals surface area contributed by atoms with Gasteiger partial charge >= 0.3 is 0 Å². The number of hydrogen-bond donors (Lipinski definition) is 1. The maximum Gasteiger partial charge on any atom is 0.238 e. The van der Waals surface area contributed by atoms with Crippen molar-refractivity contribution in [2.45, 2.75) is 6.54 Å². The Bertz CT molecular complexity index is 473. The van der Waals surface area contributed by atoms with E-state index in [2.05, 4.69) is 31.5 Å². The van der Waals surface area contributed by atoms with Gasteiger partial charge in [0.2, 0.25) is 4.77 Å². The third kappa shape index (κ3) is 2.08. The normalized spacial score (nSPS) is 10.4. The van der Waals surface area contributed by atoms with Crippen LogP contribution in [0.25, 0.3) is 0 Å². The summed E-state index contributed by atoms with van der Waals surface area (Å²) in [6.07, 6.45) is 0. The third-order valence-electron chi connectivity index (χ3n) is 1.79. The molecule has 72 valence electrons. The summed E-state index contributed by atoms with van der Waals surface area (Å²) in [6, 6.07) is 8.02. The third-order valence-corrected chi connectivity index (χ3v) is 2.62. The summed E-state index contributed by atoms with van der Waals surface area (Å²) >= 11 is 8.34. The zero-order valence-electron chi connectivity index (χ0n) is 7.14. The Morgan fingerprint density at radius 3 is 2.64 bits per heavy atom. The van der Waals surface area contributed by atoms with Gasteiger partial charge in [-0.05, 0) is 29.9 Å². The van der Waals surface area contributed by atoms with E-state index in [0.29, 0.717) is 11.3 Å². The Labute approximate surface area is 94.1 Å². The summed E-state index contributed by atoms with van der Waals surface area (Å²) < 4.78 is 3.24. The lowest BCUT2D eigenvalue weighted by Gasteiger charge is -2.00. The van der Waals surface area contributed by atoms with Gasteiger partial charge in [-0.1, -0.05) is 38.4 Å². The van der Waals surface area contributed by atoms with Gasteiger partial charge in [0.15, 0.2) is 0 Å². The highest BCUT2D eigenvalue weighted by Crippen LogP contribution is 2.10. The fourth-order valence-corrected chi connectivity index (χ4v) is 1.50. The van der Waals surface area contributed by atoms with Gasteiger partial charge in [-0.2, -0.15) is 5.21 Å². The van der Waals surface area contributed by atoms with Crippen LogP contribution in [0, 0.1) is 4.77 Å². The van der Waals surface area contributed by atoms with Crippen LogP contribution in [0.1, 0.15) is 5.56 Å². The van der Waals surface area contributed by atoms with E-state index in [1.165, 1.54) is 0 Å². The molecular formula is C8H7BrN4S. The van der Waals surface area contributed by atoms with Gasteiger partial charge in [0.1, 0.15) is 0 Å². The predicted molar refractivity (Wildman–Crippen MR) is 58.5 cm³/mol. The summed E-state index contributed by atoms with van der Waals surface area (Å²) in [5, 5.41) is 10.0. The number of H-pyrrole nitrogens is 1. The Morgan fingerprint density at radius 2 is 2.07 bits per heavy atom. The number of hydrogen-bond acceptors (Lipinski definition) is 3. The minimum Gasteiger partial charge on any atom is -0.238 e. The van der Waals surface area contributed by atoms with E-state index < -0.39 is 0 Å². The van der Waals surface area contributed by atoms with Crippen molar-refractivity contribution < 1.29 is 0 Å². The molecule has 0 radical (unpaired) electrons. The summed E-state index contributed by atoms with van der Waals surface area (Å²) in [4.78, 5) is 0. The van der Waals surface area contributed by atoms with Crippen molar-refractivity contribution in [3.63, 3.8) is 0 Å². The van der Waals surface area contributed by atoms with Crippen molar-refractivity contribution in [1.29, 1.82) is 0 Å². The number of tetrazole rings is 1. The number of aromatic nitrogens is 4. The van der Waals surface area contributed by atoms with Gasteiger partial charge in [0.05, 0.1) is 6.54 Å². The zero-order chi connectivity index (χ0) is 9.97. The largest absolute Gasteiger partial charge is 0.238 e. The molecule has 1 aromatic carbocycles. The second-order valence-electron chi connectivity index (χ2n) is 2.80. The van der Waals surface area contributed by atoms with Crippen molar-refractivity contribution in [2.24, 2.45) is 0 Å². The van der Waals surface area contributed by atoms with E-state index in [4.69, 9.17) is 12.2 Å². The van der Waals surface area contributed by atoms with E-state index in [1.54, 1.807) is 4.68 Å². The molecule has 0 unspecified atom stereocenters. The molecule has 1 N–H and O–H groups in total. The second kappa shape index (κ2) is 4.02. The SMILES string of the molecule is S=c1nn[nH]n1Cc1ccc(Br)cc1. The molecule has 0 fully saturated rings. The molecule has 4 nitrogen and oxygen atoms in total. The number of rotatable bonds is 2. The summed E-state index contributed by atoms with van der Waals surface area (Å²) in [6.45, 7) is 0.666. The lowest BCUT2D eigenvalue weighted by atomic mass is 10.2. The highest BCUT2D eigenvalue weighted by Gasteiger charge is 1.97. The fraction of sp³-hybridized carbons (Fsp3) is 0.125. The number of halogens is 1. The predicted octanol–water partition coefficient (Wildman–Crippen LogP) is 2.15. The lowest BCUT2D eigenvalue weighted by Crippen LogP contribution is -2.01. The molecule has 2 rings (SSSR count). The van der Waals surface area contributed by atoms with Crippen molar-refractivity contribution in [2.75, 3.05) is 0 Å². The van der Waals surface area contributed by atoms with Gasteiger partial charge in [-0.25, -0.2) is 4.68 Å². The van der Waals surface area contributed by atoms with Crippen LogP contribution in [-0.4, -0.2) is 20.2 Å². The molecule has 0 saturated carbocycles. The van der Waals surface area contributed by atoms with E-state index in [-0.39, 0.29) is 0 Å². The summed E-state index contributed by atoms with van der Waals surface area (Å²) in [5.41, 5.74) is 1.15. The lowest BCUT2D eigenvalue weighted by molar-refractivity contribution is 0.642. The van der Waals surface area contributed by atoms with Crippen LogP contribution in [0.2, 0.25) is 0 Å². The molecule has 0 spiro atoms. The molecule has 1 heterocycles. The molecule has 0 aliphatic rings. The molecule has 2 aromatic rings. The average molecular weight is 271 g/mol. The van der Waals surface area contributed by atoms with Crippen molar-refractivity contribution in [1.82, 2.24) is 20.2 Å². The van der Waals surface area contributed by atoms with Crippen LogP contribution < -0.4 is 0 Å². The van der Waals surface area contributed by atoms with Crippen molar-refractivity contribution in [3.05, 3.63) is 39.1 Å². The highest BCUT2D eigenvalue weighted by atomic mass is 79.9. The number of nitrogens with zero attached hydrogens (tertiary/aromatic N) is 3. The minimum atomic E-state index is 0.466. The van der Waals surface area contributed by atoms with Gasteiger partial charge < -0.3 is 0 Å². The first kappa shape index (κ1) is 9.54. The zero-order valence-corrected chi connectivity index (χ0v) is 9.55. The quantitative estimate of drug-likeness (QED) is 0.851. The van der Waals surface area contributed by atoms with Crippen LogP contribution in [0.4, 0.5) is 0 Å². The van der Waals surface area contributed by atoms with E-state index in [1.807, 2.05) is 24.3 Å². The molecule has 14 heavy (non-hydrogen) atoms. The van der Waals surface area contributed by atoms with Crippen LogP contribution in [-0.2, 0) is 6.54 Å². The molecule has 1 aromatic heterocycles. The first-order valence-corrected chi connectivity index (χ1v) is 5.18. The highest BCUT2D eigenvalue weighted by molar-refractivity contribution is 9.10. The number of benzene rings is 1. The fourth-order valence-electron chi connectivity index (χ4n) is 1.09. The minimum absolute atomic E-state index is 0.466. The molecule has 0 bridgehead atoms. The van der Waals surface area contributed by atoms with Gasteiger partial charge in [0, 0.05) is 4.47 Å².